The van der Waals surface area contributed by atoms with E-state index in [1.54, 1.807) is 4.72 Å². The molecule has 0 aromatic heterocycles. The molecular formula is C18H33NO20S3. The summed E-state index contributed by atoms with van der Waals surface area (Å²) in [4.78, 5) is 11.8. The fourth-order valence-corrected chi connectivity index (χ4v) is 6.07. The largest absolute Gasteiger partial charge is 0.479 e. The molecular weight excluding hydrogens is 646 g/mol. The number of nitrogens with one attached hydrogen (secondary N) is 1. The van der Waals surface area contributed by atoms with Crippen molar-refractivity contribution in [3.05, 3.63) is 0 Å². The highest BCUT2D eigenvalue weighted by Gasteiger charge is 2.51. The maximum Gasteiger partial charge on any atom is 0.397 e. The number of carbonyl (C=O) groups is 1. The van der Waals surface area contributed by atoms with Gasteiger partial charge in [0, 0.05) is 26.1 Å². The zero-order valence-corrected chi connectivity index (χ0v) is 24.4. The van der Waals surface area contributed by atoms with E-state index in [1.165, 1.54) is 14.2 Å². The first-order chi connectivity index (χ1) is 19.3. The molecule has 42 heavy (non-hydrogen) atoms. The average molecular weight is 680 g/mol. The lowest BCUT2D eigenvalue weighted by atomic mass is 9.86. The van der Waals surface area contributed by atoms with E-state index in [4.69, 9.17) is 28.2 Å². The summed E-state index contributed by atoms with van der Waals surface area (Å²) in [7, 11) is -12.8. The lowest BCUT2D eigenvalue weighted by Crippen LogP contribution is -2.64. The molecule has 2 saturated heterocycles. The molecule has 7 N–H and O–H groups in total. The van der Waals surface area contributed by atoms with Crippen molar-refractivity contribution in [3.63, 3.8) is 0 Å². The van der Waals surface area contributed by atoms with Crippen LogP contribution in [0.3, 0.4) is 0 Å². The minimum atomic E-state index is -5.23. The summed E-state index contributed by atoms with van der Waals surface area (Å²) in [5.41, 5.74) is 0. The first-order valence-electron chi connectivity index (χ1n) is 11.8. The van der Waals surface area contributed by atoms with Gasteiger partial charge in [-0.1, -0.05) is 0 Å². The van der Waals surface area contributed by atoms with Gasteiger partial charge in [0.05, 0.1) is 57.4 Å². The van der Waals surface area contributed by atoms with Crippen LogP contribution in [0, 0.1) is 11.8 Å². The molecule has 24 heteroatoms. The lowest BCUT2D eigenvalue weighted by molar-refractivity contribution is -0.226. The predicted molar refractivity (Wildman–Crippen MR) is 131 cm³/mol. The van der Waals surface area contributed by atoms with E-state index >= 15 is 0 Å². The average Bonchev–Trinajstić information content (AvgIpc) is 2.83. The summed E-state index contributed by atoms with van der Waals surface area (Å²) in [6.45, 7) is -3.23. The van der Waals surface area contributed by atoms with Crippen molar-refractivity contribution in [2.24, 2.45) is 11.8 Å². The highest BCUT2D eigenvalue weighted by Crippen LogP contribution is 2.32. The minimum absolute atomic E-state index is 0.387. The molecule has 10 unspecified atom stereocenters. The van der Waals surface area contributed by atoms with E-state index < -0.39 is 124 Å². The monoisotopic (exact) mass is 679 g/mol. The number of carboxylic acids is 1. The van der Waals surface area contributed by atoms with Gasteiger partial charge in [-0.3, -0.25) is 13.7 Å². The fourth-order valence-electron chi connectivity index (χ4n) is 4.61. The smallest absolute Gasteiger partial charge is 0.397 e. The Bertz CT molecular complexity index is 1210. The molecule has 2 heterocycles. The Morgan fingerprint density at radius 2 is 1.38 bits per heavy atom. The van der Waals surface area contributed by atoms with Gasteiger partial charge < -0.3 is 39.0 Å². The molecule has 0 aromatic rings. The van der Waals surface area contributed by atoms with Crippen molar-refractivity contribution < 1.29 is 91.1 Å². The van der Waals surface area contributed by atoms with E-state index in [9.17, 15) is 54.5 Å². The topological polar surface area (TPSA) is 318 Å². The van der Waals surface area contributed by atoms with Crippen LogP contribution in [-0.4, -0.2) is 156 Å². The summed E-state index contributed by atoms with van der Waals surface area (Å²) < 4.78 is 132. The number of aliphatic hydroxyl groups excluding tert-OH is 2. The molecule has 2 fully saturated rings. The van der Waals surface area contributed by atoms with Gasteiger partial charge in [-0.15, -0.1) is 0 Å². The Labute approximate surface area is 240 Å². The number of aliphatic hydroxyl groups is 2. The van der Waals surface area contributed by atoms with Crippen LogP contribution in [0.15, 0.2) is 0 Å². The van der Waals surface area contributed by atoms with Crippen molar-refractivity contribution in [3.8, 4) is 0 Å². The molecule has 0 radical (unpaired) electrons. The van der Waals surface area contributed by atoms with Crippen molar-refractivity contribution >= 4 is 37.1 Å². The maximum atomic E-state index is 11.8. The van der Waals surface area contributed by atoms with Crippen LogP contribution in [0.1, 0.15) is 0 Å². The summed E-state index contributed by atoms with van der Waals surface area (Å²) in [6.07, 6.45) is -11.9. The van der Waals surface area contributed by atoms with E-state index in [0.717, 1.165) is 0 Å². The van der Waals surface area contributed by atoms with Gasteiger partial charge in [-0.2, -0.15) is 30.0 Å². The van der Waals surface area contributed by atoms with Gasteiger partial charge in [0.1, 0.15) is 18.3 Å². The van der Waals surface area contributed by atoms with Crippen LogP contribution in [0.5, 0.6) is 0 Å². The number of hydrogen-bond acceptors (Lipinski definition) is 16. The second kappa shape index (κ2) is 15.2. The summed E-state index contributed by atoms with van der Waals surface area (Å²) in [5.74, 6) is -4.35. The first-order valence-corrected chi connectivity index (χ1v) is 15.9. The van der Waals surface area contributed by atoms with Crippen LogP contribution in [0.2, 0.25) is 0 Å². The number of rotatable bonds is 16. The molecule has 2 aliphatic rings. The Morgan fingerprint density at radius 3 is 1.88 bits per heavy atom. The first kappa shape index (κ1) is 37.0. The molecule has 21 nitrogen and oxygen atoms in total. The number of carboxylic acid groups (broad SMARTS) is 1. The van der Waals surface area contributed by atoms with Gasteiger partial charge in [0.25, 0.3) is 0 Å². The number of methoxy groups -OCH3 is 2. The Balaban J connectivity index is 2.32. The number of ether oxygens (including phenoxy) is 5. The maximum absolute atomic E-state index is 11.8. The van der Waals surface area contributed by atoms with E-state index in [1.807, 2.05) is 0 Å². The molecule has 0 aliphatic carbocycles. The number of aliphatic carboxylic acids is 1. The van der Waals surface area contributed by atoms with Crippen molar-refractivity contribution in [1.82, 2.24) is 4.72 Å². The molecule has 0 aromatic carbocycles. The fraction of sp³-hybridized carbons (Fsp3) is 0.944. The third kappa shape index (κ3) is 11.1. The van der Waals surface area contributed by atoms with Crippen molar-refractivity contribution in [1.29, 1.82) is 0 Å². The molecule has 0 bridgehead atoms. The molecule has 10 atom stereocenters. The van der Waals surface area contributed by atoms with Crippen molar-refractivity contribution in [2.75, 3.05) is 47.3 Å². The summed E-state index contributed by atoms with van der Waals surface area (Å²) in [5, 5.41) is 31.2. The normalized spacial score (nSPS) is 34.7. The quantitative estimate of drug-likeness (QED) is 0.0758. The van der Waals surface area contributed by atoms with Gasteiger partial charge in [-0.05, 0) is 0 Å². The Hall–Kier alpha value is -1.20. The molecule has 2 rings (SSSR count). The van der Waals surface area contributed by atoms with E-state index in [0.29, 0.717) is 0 Å². The van der Waals surface area contributed by atoms with Crippen molar-refractivity contribution in [2.45, 2.75) is 48.8 Å². The third-order valence-corrected chi connectivity index (χ3v) is 7.78. The van der Waals surface area contributed by atoms with Gasteiger partial charge in [-0.25, -0.2) is 13.2 Å². The molecule has 248 valence electrons. The van der Waals surface area contributed by atoms with Gasteiger partial charge in [0.2, 0.25) is 0 Å². The second-order valence-electron chi connectivity index (χ2n) is 9.22. The Kier molecular flexibility index (Phi) is 13.4. The van der Waals surface area contributed by atoms with E-state index in [2.05, 4.69) is 8.37 Å². The minimum Gasteiger partial charge on any atom is -0.479 e. The molecule has 0 amide bonds. The van der Waals surface area contributed by atoms with E-state index in [-0.39, 0.29) is 6.61 Å². The van der Waals surface area contributed by atoms with Crippen LogP contribution in [0.4, 0.5) is 0 Å². The standard InChI is InChI=1S/C18H33NO20S3/c1-33-3-9-15(21)17(39-42(30,31)32)12(38-16(9)18(22)23)6-35-4-8-10(7-36-41(27,28)29)37-11(5-34-2)13(14(8)20)19-40(24,25)26/h8-17,19-21H,3-7H2,1-2H3,(H,22,23)(H,24,25,26)(H,27,28,29)(H,30,31,32). The zero-order chi connectivity index (χ0) is 32.0. The lowest BCUT2D eigenvalue weighted by Gasteiger charge is -2.45. The van der Waals surface area contributed by atoms with Crippen LogP contribution in [-0.2, 0) is 67.9 Å². The Morgan fingerprint density at radius 1 is 0.762 bits per heavy atom. The summed E-state index contributed by atoms with van der Waals surface area (Å²) >= 11 is 0. The van der Waals surface area contributed by atoms with Gasteiger partial charge >= 0.3 is 37.1 Å². The third-order valence-electron chi connectivity index (χ3n) is 6.31. The SMILES string of the molecule is COCC1OC(COS(=O)(=O)O)C(COCC2OC(C(=O)O)C(COC)C(O)C2OS(=O)(=O)O)C(O)C1NS(=O)(=O)O. The van der Waals surface area contributed by atoms with Crippen LogP contribution < -0.4 is 4.72 Å². The van der Waals surface area contributed by atoms with Crippen LogP contribution in [0.25, 0.3) is 0 Å². The predicted octanol–water partition coefficient (Wildman–Crippen LogP) is -4.36. The van der Waals surface area contributed by atoms with Crippen LogP contribution >= 0.6 is 0 Å². The number of hydrogen-bond donors (Lipinski definition) is 7. The van der Waals surface area contributed by atoms with Gasteiger partial charge in [0.15, 0.2) is 6.10 Å². The zero-order valence-electron chi connectivity index (χ0n) is 21.9. The molecule has 2 aliphatic heterocycles. The molecule has 0 saturated carbocycles. The highest BCUT2D eigenvalue weighted by molar-refractivity contribution is 7.83. The molecule has 0 spiro atoms. The second-order valence-corrected chi connectivity index (χ2v) is 12.5. The highest BCUT2D eigenvalue weighted by atomic mass is 32.3. The summed E-state index contributed by atoms with van der Waals surface area (Å²) in [6, 6.07) is -1.61.